The molecule has 2 atom stereocenters. The lowest BCUT2D eigenvalue weighted by Crippen LogP contribution is -2.39. The van der Waals surface area contributed by atoms with Crippen molar-refractivity contribution in [3.8, 4) is 0 Å². The molecular weight excluding hydrogens is 220 g/mol. The highest BCUT2D eigenvalue weighted by molar-refractivity contribution is 6.02. The van der Waals surface area contributed by atoms with Gasteiger partial charge in [-0.05, 0) is 31.6 Å². The fraction of sp³-hybridized carbons (Fsp3) is 0.769. The van der Waals surface area contributed by atoms with Crippen molar-refractivity contribution < 1.29 is 19.1 Å². The summed E-state index contributed by atoms with van der Waals surface area (Å²) in [6.07, 6.45) is 3.64. The molecule has 2 unspecified atom stereocenters. The third kappa shape index (κ3) is 2.13. The first-order valence-electron chi connectivity index (χ1n) is 6.30. The molecule has 0 N–H and O–H groups in total. The molecule has 2 aliphatic rings. The number of Topliss-reactive ketones (excluding diaryl/α,β-unsaturated/α-hetero) is 2. The van der Waals surface area contributed by atoms with Crippen LogP contribution in [0.1, 0.15) is 45.4 Å². The summed E-state index contributed by atoms with van der Waals surface area (Å²) in [4.78, 5) is 35.3. The van der Waals surface area contributed by atoms with Crippen molar-refractivity contribution in [2.45, 2.75) is 45.4 Å². The highest BCUT2D eigenvalue weighted by Gasteiger charge is 2.54. The highest BCUT2D eigenvalue weighted by Crippen LogP contribution is 2.50. The minimum absolute atomic E-state index is 0.0434. The Hall–Kier alpha value is -1.19. The molecule has 0 heterocycles. The average molecular weight is 238 g/mol. The second-order valence-electron chi connectivity index (χ2n) is 5.08. The van der Waals surface area contributed by atoms with E-state index in [0.29, 0.717) is 25.7 Å². The molecule has 2 aliphatic carbocycles. The molecule has 0 aliphatic heterocycles. The number of ketones is 2. The molecule has 0 bridgehead atoms. The van der Waals surface area contributed by atoms with E-state index in [0.717, 1.165) is 12.8 Å². The van der Waals surface area contributed by atoms with Gasteiger partial charge in [0.1, 0.15) is 17.5 Å². The first-order chi connectivity index (χ1) is 8.09. The lowest BCUT2D eigenvalue weighted by Gasteiger charge is -2.35. The summed E-state index contributed by atoms with van der Waals surface area (Å²) in [6.45, 7) is 2.02. The molecule has 0 aromatic rings. The molecule has 2 rings (SSSR count). The van der Waals surface area contributed by atoms with Gasteiger partial charge >= 0.3 is 5.97 Å². The van der Waals surface area contributed by atoms with Gasteiger partial charge in [0.2, 0.25) is 0 Å². The summed E-state index contributed by atoms with van der Waals surface area (Å²) >= 11 is 0. The van der Waals surface area contributed by atoms with Gasteiger partial charge in [-0.2, -0.15) is 0 Å². The Balaban J connectivity index is 2.23. The molecule has 0 aromatic carbocycles. The molecule has 2 fully saturated rings. The largest absolute Gasteiger partial charge is 0.465 e. The number of hydrogen-bond donors (Lipinski definition) is 0. The van der Waals surface area contributed by atoms with Crippen molar-refractivity contribution >= 4 is 17.5 Å². The zero-order valence-corrected chi connectivity index (χ0v) is 10.2. The van der Waals surface area contributed by atoms with Crippen LogP contribution in [0.15, 0.2) is 0 Å². The van der Waals surface area contributed by atoms with Crippen molar-refractivity contribution in [1.82, 2.24) is 0 Å². The lowest BCUT2D eigenvalue weighted by molar-refractivity contribution is -0.156. The molecule has 0 aromatic heterocycles. The maximum atomic E-state index is 11.9. The van der Waals surface area contributed by atoms with E-state index in [1.807, 2.05) is 0 Å². The predicted molar refractivity (Wildman–Crippen MR) is 60.3 cm³/mol. The van der Waals surface area contributed by atoms with E-state index in [9.17, 15) is 14.4 Å². The van der Waals surface area contributed by atoms with Crippen LogP contribution >= 0.6 is 0 Å². The Kier molecular flexibility index (Phi) is 3.31. The van der Waals surface area contributed by atoms with E-state index in [2.05, 4.69) is 0 Å². The van der Waals surface area contributed by atoms with Gasteiger partial charge < -0.3 is 4.74 Å². The van der Waals surface area contributed by atoms with Crippen molar-refractivity contribution in [3.05, 3.63) is 0 Å². The molecule has 94 valence electrons. The standard InChI is InChI=1S/C13H18O4/c1-2-17-12(16)11-10(15)5-7-13(11)6-3-4-9(14)8-13/h11H,2-8H2,1H3. The second-order valence-corrected chi connectivity index (χ2v) is 5.08. The normalized spacial score (nSPS) is 33.1. The molecule has 4 heteroatoms. The number of carbonyl (C=O) groups excluding carboxylic acids is 3. The predicted octanol–water partition coefficient (Wildman–Crippen LogP) is 1.66. The SMILES string of the molecule is CCOC(=O)C1C(=O)CCC12CCCC(=O)C2. The van der Waals surface area contributed by atoms with E-state index >= 15 is 0 Å². The first-order valence-corrected chi connectivity index (χ1v) is 6.30. The smallest absolute Gasteiger partial charge is 0.317 e. The number of ether oxygens (including phenoxy) is 1. The minimum Gasteiger partial charge on any atom is -0.465 e. The van der Waals surface area contributed by atoms with Crippen LogP contribution in [0.4, 0.5) is 0 Å². The van der Waals surface area contributed by atoms with Gasteiger partial charge in [-0.25, -0.2) is 0 Å². The summed E-state index contributed by atoms with van der Waals surface area (Å²) in [5, 5.41) is 0. The van der Waals surface area contributed by atoms with Crippen molar-refractivity contribution in [1.29, 1.82) is 0 Å². The Morgan fingerprint density at radius 1 is 1.35 bits per heavy atom. The summed E-state index contributed by atoms with van der Waals surface area (Å²) in [7, 11) is 0. The monoisotopic (exact) mass is 238 g/mol. The molecule has 1 spiro atoms. The van der Waals surface area contributed by atoms with E-state index in [1.54, 1.807) is 6.92 Å². The van der Waals surface area contributed by atoms with Crippen LogP contribution in [0.25, 0.3) is 0 Å². The van der Waals surface area contributed by atoms with Crippen molar-refractivity contribution in [2.75, 3.05) is 6.61 Å². The first kappa shape index (κ1) is 12.3. The Labute approximate surface area is 101 Å². The average Bonchev–Trinajstić information content (AvgIpc) is 2.56. The van der Waals surface area contributed by atoms with Gasteiger partial charge in [-0.15, -0.1) is 0 Å². The summed E-state index contributed by atoms with van der Waals surface area (Å²) < 4.78 is 4.99. The minimum atomic E-state index is -0.688. The molecule has 2 saturated carbocycles. The maximum Gasteiger partial charge on any atom is 0.317 e. The van der Waals surface area contributed by atoms with Crippen LogP contribution in [0.2, 0.25) is 0 Å². The van der Waals surface area contributed by atoms with Gasteiger partial charge in [-0.3, -0.25) is 14.4 Å². The number of esters is 1. The topological polar surface area (TPSA) is 60.4 Å². The van der Waals surface area contributed by atoms with Gasteiger partial charge in [0.05, 0.1) is 6.61 Å². The number of hydrogen-bond acceptors (Lipinski definition) is 4. The van der Waals surface area contributed by atoms with Crippen molar-refractivity contribution in [2.24, 2.45) is 11.3 Å². The van der Waals surface area contributed by atoms with E-state index in [-0.39, 0.29) is 18.2 Å². The van der Waals surface area contributed by atoms with Gasteiger partial charge in [0.15, 0.2) is 0 Å². The van der Waals surface area contributed by atoms with Crippen LogP contribution in [0, 0.1) is 11.3 Å². The van der Waals surface area contributed by atoms with Crippen LogP contribution in [-0.2, 0) is 19.1 Å². The fourth-order valence-electron chi connectivity index (χ4n) is 3.28. The van der Waals surface area contributed by atoms with Crippen LogP contribution in [0.5, 0.6) is 0 Å². The van der Waals surface area contributed by atoms with Gasteiger partial charge in [0.25, 0.3) is 0 Å². The van der Waals surface area contributed by atoms with E-state index in [1.165, 1.54) is 0 Å². The Bertz CT molecular complexity index is 360. The van der Waals surface area contributed by atoms with Crippen LogP contribution in [0.3, 0.4) is 0 Å². The van der Waals surface area contributed by atoms with Gasteiger partial charge in [0, 0.05) is 19.3 Å². The maximum absolute atomic E-state index is 11.9. The fourth-order valence-corrected chi connectivity index (χ4v) is 3.28. The number of rotatable bonds is 2. The summed E-state index contributed by atoms with van der Waals surface area (Å²) in [5.74, 6) is -0.977. The summed E-state index contributed by atoms with van der Waals surface area (Å²) in [5.41, 5.74) is -0.418. The Morgan fingerprint density at radius 2 is 2.12 bits per heavy atom. The van der Waals surface area contributed by atoms with Crippen LogP contribution < -0.4 is 0 Å². The Morgan fingerprint density at radius 3 is 2.76 bits per heavy atom. The van der Waals surface area contributed by atoms with Gasteiger partial charge in [-0.1, -0.05) is 0 Å². The molecule has 4 nitrogen and oxygen atoms in total. The highest BCUT2D eigenvalue weighted by atomic mass is 16.5. The molecule has 0 amide bonds. The van der Waals surface area contributed by atoms with Crippen LogP contribution in [-0.4, -0.2) is 24.1 Å². The quantitative estimate of drug-likeness (QED) is 0.542. The second kappa shape index (κ2) is 4.59. The molecule has 0 saturated heterocycles. The lowest BCUT2D eigenvalue weighted by atomic mass is 9.67. The zero-order chi connectivity index (χ0) is 12.5. The van der Waals surface area contributed by atoms with Crippen molar-refractivity contribution in [3.63, 3.8) is 0 Å². The zero-order valence-electron chi connectivity index (χ0n) is 10.2. The third-order valence-corrected chi connectivity index (χ3v) is 4.01. The van der Waals surface area contributed by atoms with E-state index in [4.69, 9.17) is 4.74 Å². The molecule has 0 radical (unpaired) electrons. The third-order valence-electron chi connectivity index (χ3n) is 4.01. The summed E-state index contributed by atoms with van der Waals surface area (Å²) in [6, 6.07) is 0. The van der Waals surface area contributed by atoms with E-state index < -0.39 is 17.3 Å². The molecular formula is C13H18O4. The number of carbonyl (C=O) groups is 3. The molecule has 17 heavy (non-hydrogen) atoms.